The molecule has 0 saturated heterocycles. The molecule has 1 atom stereocenters. The summed E-state index contributed by atoms with van der Waals surface area (Å²) in [5.41, 5.74) is 3.68. The van der Waals surface area contributed by atoms with Gasteiger partial charge in [0.1, 0.15) is 12.6 Å². The molecule has 3 rings (SSSR count). The number of carbonyl (C=O) groups is 2. The first kappa shape index (κ1) is 29.9. The smallest absolute Gasteiger partial charge is 0.264 e. The second-order valence-electron chi connectivity index (χ2n) is 11.1. The molecule has 0 aliphatic carbocycles. The number of aryl methyl sites for hydroxylation is 3. The van der Waals surface area contributed by atoms with Crippen molar-refractivity contribution in [2.24, 2.45) is 0 Å². The third kappa shape index (κ3) is 7.93. The van der Waals surface area contributed by atoms with E-state index < -0.39 is 34.1 Å². The van der Waals surface area contributed by atoms with Crippen LogP contribution in [0.4, 0.5) is 5.69 Å². The summed E-state index contributed by atoms with van der Waals surface area (Å²) in [6, 6.07) is 20.4. The highest BCUT2D eigenvalue weighted by Crippen LogP contribution is 2.25. The Balaban J connectivity index is 2.02. The summed E-state index contributed by atoms with van der Waals surface area (Å²) < 4.78 is 28.8. The molecule has 2 amide bonds. The molecular weight excluding hydrogens is 510 g/mol. The predicted molar refractivity (Wildman–Crippen MR) is 156 cm³/mol. The molecule has 208 valence electrons. The average Bonchev–Trinajstić information content (AvgIpc) is 2.86. The van der Waals surface area contributed by atoms with Gasteiger partial charge in [0, 0.05) is 12.1 Å². The Bertz CT molecular complexity index is 1390. The summed E-state index contributed by atoms with van der Waals surface area (Å²) in [6.45, 7) is 12.7. The second-order valence-corrected chi connectivity index (χ2v) is 12.9. The quantitative estimate of drug-likeness (QED) is 0.401. The van der Waals surface area contributed by atoms with Gasteiger partial charge in [-0.1, -0.05) is 65.2 Å². The van der Waals surface area contributed by atoms with Crippen molar-refractivity contribution in [3.8, 4) is 0 Å². The first-order valence-corrected chi connectivity index (χ1v) is 14.4. The van der Waals surface area contributed by atoms with Crippen LogP contribution in [0.15, 0.2) is 77.7 Å². The number of nitrogens with one attached hydrogen (secondary N) is 1. The maximum Gasteiger partial charge on any atom is 0.264 e. The summed E-state index contributed by atoms with van der Waals surface area (Å²) in [5, 5.41) is 2.94. The van der Waals surface area contributed by atoms with Crippen molar-refractivity contribution in [2.75, 3.05) is 10.8 Å². The summed E-state index contributed by atoms with van der Waals surface area (Å²) >= 11 is 0. The minimum atomic E-state index is -4.08. The van der Waals surface area contributed by atoms with Gasteiger partial charge in [0.15, 0.2) is 0 Å². The molecule has 0 radical (unpaired) electrons. The summed E-state index contributed by atoms with van der Waals surface area (Å²) in [5.74, 6) is -0.797. The van der Waals surface area contributed by atoms with Crippen molar-refractivity contribution >= 4 is 27.5 Å². The van der Waals surface area contributed by atoms with Crippen LogP contribution in [0.2, 0.25) is 0 Å². The summed E-state index contributed by atoms with van der Waals surface area (Å²) in [4.78, 5) is 28.6. The molecule has 0 fully saturated rings. The van der Waals surface area contributed by atoms with E-state index in [0.29, 0.717) is 5.69 Å². The van der Waals surface area contributed by atoms with E-state index in [-0.39, 0.29) is 17.3 Å². The highest BCUT2D eigenvalue weighted by molar-refractivity contribution is 7.92. The molecule has 0 heterocycles. The molecule has 0 aromatic heterocycles. The Morgan fingerprint density at radius 2 is 1.26 bits per heavy atom. The number of amides is 2. The van der Waals surface area contributed by atoms with Crippen LogP contribution in [0.1, 0.15) is 49.9 Å². The zero-order valence-electron chi connectivity index (χ0n) is 23.9. The number of nitrogens with zero attached hydrogens (tertiary/aromatic N) is 2. The van der Waals surface area contributed by atoms with E-state index in [1.807, 2.05) is 65.8 Å². The number of hydrogen-bond acceptors (Lipinski definition) is 4. The zero-order valence-corrected chi connectivity index (χ0v) is 24.7. The maximum atomic E-state index is 13.9. The summed E-state index contributed by atoms with van der Waals surface area (Å²) in [6.07, 6.45) is 0. The van der Waals surface area contributed by atoms with Gasteiger partial charge in [-0.25, -0.2) is 8.42 Å². The minimum absolute atomic E-state index is 0.0880. The highest BCUT2D eigenvalue weighted by Gasteiger charge is 2.33. The van der Waals surface area contributed by atoms with Crippen LogP contribution in [0, 0.1) is 20.8 Å². The lowest BCUT2D eigenvalue weighted by Crippen LogP contribution is -2.54. The standard InChI is InChI=1S/C31H39N3O4S/c1-22-8-14-26(15-9-22)20-33(25(4)30(36)32-31(5,6)7)29(35)21-34(27-16-10-23(2)11-17-27)39(37,38)28-18-12-24(3)13-19-28/h8-19,25H,20-21H2,1-7H3,(H,32,36)/t25-/m0/s1. The van der Waals surface area contributed by atoms with Crippen LogP contribution in [0.5, 0.6) is 0 Å². The molecule has 7 nitrogen and oxygen atoms in total. The Hall–Kier alpha value is -3.65. The van der Waals surface area contributed by atoms with Gasteiger partial charge in [0.2, 0.25) is 11.8 Å². The number of anilines is 1. The van der Waals surface area contributed by atoms with Crippen LogP contribution < -0.4 is 9.62 Å². The molecule has 0 aliphatic heterocycles. The molecule has 8 heteroatoms. The van der Waals surface area contributed by atoms with Crippen LogP contribution in [-0.4, -0.2) is 43.3 Å². The lowest BCUT2D eigenvalue weighted by atomic mass is 10.1. The van der Waals surface area contributed by atoms with Crippen LogP contribution in [0.25, 0.3) is 0 Å². The van der Waals surface area contributed by atoms with E-state index in [1.165, 1.54) is 4.90 Å². The third-order valence-electron chi connectivity index (χ3n) is 6.35. The molecule has 0 bridgehead atoms. The van der Waals surface area contributed by atoms with Gasteiger partial charge in [0.05, 0.1) is 10.6 Å². The van der Waals surface area contributed by atoms with Crippen molar-refractivity contribution in [1.29, 1.82) is 0 Å². The number of hydrogen-bond donors (Lipinski definition) is 1. The third-order valence-corrected chi connectivity index (χ3v) is 8.14. The number of rotatable bonds is 9. The van der Waals surface area contributed by atoms with Crippen LogP contribution >= 0.6 is 0 Å². The molecule has 0 saturated carbocycles. The molecule has 3 aromatic rings. The number of carbonyl (C=O) groups excluding carboxylic acids is 2. The van der Waals surface area contributed by atoms with Gasteiger partial charge in [-0.05, 0) is 78.3 Å². The average molecular weight is 550 g/mol. The predicted octanol–water partition coefficient (Wildman–Crippen LogP) is 5.14. The van der Waals surface area contributed by atoms with E-state index in [9.17, 15) is 18.0 Å². The normalized spacial score (nSPS) is 12.5. The Labute approximate surface area is 232 Å². The van der Waals surface area contributed by atoms with Gasteiger partial charge < -0.3 is 10.2 Å². The van der Waals surface area contributed by atoms with E-state index in [0.717, 1.165) is 26.6 Å². The minimum Gasteiger partial charge on any atom is -0.350 e. The van der Waals surface area contributed by atoms with Gasteiger partial charge >= 0.3 is 0 Å². The molecule has 3 aromatic carbocycles. The van der Waals surface area contributed by atoms with Crippen LogP contribution in [-0.2, 0) is 26.2 Å². The molecule has 0 spiro atoms. The first-order chi connectivity index (χ1) is 18.2. The van der Waals surface area contributed by atoms with Gasteiger partial charge in [-0.2, -0.15) is 0 Å². The summed E-state index contributed by atoms with van der Waals surface area (Å²) in [7, 11) is -4.08. The van der Waals surface area contributed by atoms with Crippen molar-refractivity contribution < 1.29 is 18.0 Å². The fourth-order valence-corrected chi connectivity index (χ4v) is 5.44. The fraction of sp³-hybridized carbons (Fsp3) is 0.355. The second kappa shape index (κ2) is 12.0. The molecule has 0 aliphatic rings. The molecule has 1 N–H and O–H groups in total. The van der Waals surface area contributed by atoms with Crippen molar-refractivity contribution in [2.45, 2.75) is 71.5 Å². The van der Waals surface area contributed by atoms with Crippen molar-refractivity contribution in [3.05, 3.63) is 95.1 Å². The molecule has 39 heavy (non-hydrogen) atoms. The van der Waals surface area contributed by atoms with Gasteiger partial charge in [-0.3, -0.25) is 13.9 Å². The lowest BCUT2D eigenvalue weighted by Gasteiger charge is -2.33. The van der Waals surface area contributed by atoms with Gasteiger partial charge in [0.25, 0.3) is 10.0 Å². The largest absolute Gasteiger partial charge is 0.350 e. The van der Waals surface area contributed by atoms with E-state index in [4.69, 9.17) is 0 Å². The Kier molecular flexibility index (Phi) is 9.22. The topological polar surface area (TPSA) is 86.8 Å². The SMILES string of the molecule is Cc1ccc(CN(C(=O)CN(c2ccc(C)cc2)S(=O)(=O)c2ccc(C)cc2)[C@@H](C)C(=O)NC(C)(C)C)cc1. The molecular formula is C31H39N3O4S. The Morgan fingerprint density at radius 1 is 0.795 bits per heavy atom. The van der Waals surface area contributed by atoms with E-state index >= 15 is 0 Å². The monoisotopic (exact) mass is 549 g/mol. The zero-order chi connectivity index (χ0) is 29.0. The van der Waals surface area contributed by atoms with Crippen LogP contribution in [0.3, 0.4) is 0 Å². The number of sulfonamides is 1. The maximum absolute atomic E-state index is 13.9. The van der Waals surface area contributed by atoms with Crippen molar-refractivity contribution in [3.63, 3.8) is 0 Å². The van der Waals surface area contributed by atoms with Gasteiger partial charge in [-0.15, -0.1) is 0 Å². The Morgan fingerprint density at radius 3 is 1.74 bits per heavy atom. The van der Waals surface area contributed by atoms with Crippen molar-refractivity contribution in [1.82, 2.24) is 10.2 Å². The fourth-order valence-electron chi connectivity index (χ4n) is 4.02. The molecule has 0 unspecified atom stereocenters. The highest BCUT2D eigenvalue weighted by atomic mass is 32.2. The van der Waals surface area contributed by atoms with E-state index in [2.05, 4.69) is 5.32 Å². The number of benzene rings is 3. The first-order valence-electron chi connectivity index (χ1n) is 13.0. The lowest BCUT2D eigenvalue weighted by molar-refractivity contribution is -0.140. The van der Waals surface area contributed by atoms with E-state index in [1.54, 1.807) is 55.5 Å².